The molecule has 2 aromatic carbocycles. The highest BCUT2D eigenvalue weighted by molar-refractivity contribution is 5.97. The van der Waals surface area contributed by atoms with Gasteiger partial charge in [-0.3, -0.25) is 9.59 Å². The second-order valence-corrected chi connectivity index (χ2v) is 6.80. The molecule has 1 heterocycles. The minimum absolute atomic E-state index is 0.0831. The molecule has 0 saturated carbocycles. The first-order chi connectivity index (χ1) is 14.4. The zero-order valence-corrected chi connectivity index (χ0v) is 17.2. The first kappa shape index (κ1) is 21.1. The smallest absolute Gasteiger partial charge is 0.336 e. The third-order valence-corrected chi connectivity index (χ3v) is 4.74. The van der Waals surface area contributed by atoms with E-state index in [1.54, 1.807) is 47.4 Å². The molecule has 0 spiro atoms. The van der Waals surface area contributed by atoms with E-state index in [1.165, 1.54) is 6.07 Å². The SMILES string of the molecule is CCN(CC)C(=O)c1cccc(NC(=O)COc2ccc3c(C)cc(=O)oc3c2)c1. The van der Waals surface area contributed by atoms with Crippen molar-refractivity contribution in [2.75, 3.05) is 25.0 Å². The second-order valence-electron chi connectivity index (χ2n) is 6.80. The molecule has 0 unspecified atom stereocenters. The van der Waals surface area contributed by atoms with Crippen molar-refractivity contribution in [3.8, 4) is 5.75 Å². The summed E-state index contributed by atoms with van der Waals surface area (Å²) < 4.78 is 10.7. The van der Waals surface area contributed by atoms with Crippen LogP contribution in [0.3, 0.4) is 0 Å². The number of anilines is 1. The van der Waals surface area contributed by atoms with Gasteiger partial charge in [0.15, 0.2) is 6.61 Å². The van der Waals surface area contributed by atoms with Crippen molar-refractivity contribution in [1.29, 1.82) is 0 Å². The molecule has 7 nitrogen and oxygen atoms in total. The number of ether oxygens (including phenoxy) is 1. The van der Waals surface area contributed by atoms with Gasteiger partial charge in [-0.1, -0.05) is 6.07 Å². The molecule has 0 aliphatic carbocycles. The molecule has 1 N–H and O–H groups in total. The van der Waals surface area contributed by atoms with E-state index in [0.29, 0.717) is 35.7 Å². The summed E-state index contributed by atoms with van der Waals surface area (Å²) in [5, 5.41) is 3.54. The summed E-state index contributed by atoms with van der Waals surface area (Å²) in [6, 6.07) is 13.3. The summed E-state index contributed by atoms with van der Waals surface area (Å²) in [7, 11) is 0. The van der Waals surface area contributed by atoms with Gasteiger partial charge >= 0.3 is 5.63 Å². The lowest BCUT2D eigenvalue weighted by atomic mass is 10.1. The van der Waals surface area contributed by atoms with Crippen LogP contribution in [0.1, 0.15) is 29.8 Å². The number of fused-ring (bicyclic) bond motifs is 1. The lowest BCUT2D eigenvalue weighted by Crippen LogP contribution is -2.30. The maximum atomic E-state index is 12.5. The molecule has 0 aliphatic heterocycles. The van der Waals surface area contributed by atoms with Gasteiger partial charge < -0.3 is 19.4 Å². The Morgan fingerprint density at radius 1 is 1.07 bits per heavy atom. The summed E-state index contributed by atoms with van der Waals surface area (Å²) in [5.74, 6) is -0.0367. The van der Waals surface area contributed by atoms with Crippen LogP contribution in [0, 0.1) is 6.92 Å². The predicted molar refractivity (Wildman–Crippen MR) is 115 cm³/mol. The Bertz CT molecular complexity index is 1130. The number of benzene rings is 2. The molecule has 0 radical (unpaired) electrons. The Balaban J connectivity index is 1.65. The average Bonchev–Trinajstić information content (AvgIpc) is 2.73. The molecule has 0 fully saturated rings. The molecule has 0 bridgehead atoms. The third kappa shape index (κ3) is 4.86. The molecule has 3 aromatic rings. The number of amides is 2. The number of nitrogens with one attached hydrogen (secondary N) is 1. The maximum Gasteiger partial charge on any atom is 0.336 e. The number of nitrogens with zero attached hydrogens (tertiary/aromatic N) is 1. The Hall–Kier alpha value is -3.61. The molecule has 0 aliphatic rings. The standard InChI is InChI=1S/C23H24N2O5/c1-4-25(5-2)23(28)16-7-6-8-17(12-16)24-21(26)14-29-18-9-10-19-15(3)11-22(27)30-20(19)13-18/h6-13H,4-5,14H2,1-3H3,(H,24,26). The van der Waals surface area contributed by atoms with Crippen LogP contribution in [0.5, 0.6) is 5.75 Å². The fraction of sp³-hybridized carbons (Fsp3) is 0.261. The molecule has 156 valence electrons. The number of carbonyl (C=O) groups is 2. The Morgan fingerprint density at radius 2 is 1.83 bits per heavy atom. The van der Waals surface area contributed by atoms with E-state index in [0.717, 1.165) is 10.9 Å². The molecule has 30 heavy (non-hydrogen) atoms. The quantitative estimate of drug-likeness (QED) is 0.604. The van der Waals surface area contributed by atoms with Crippen LogP contribution in [0.15, 0.2) is 57.7 Å². The number of rotatable bonds is 7. The number of hydrogen-bond acceptors (Lipinski definition) is 5. The van der Waals surface area contributed by atoms with Crippen LogP contribution in [0.2, 0.25) is 0 Å². The second kappa shape index (κ2) is 9.26. The lowest BCUT2D eigenvalue weighted by molar-refractivity contribution is -0.118. The van der Waals surface area contributed by atoms with Crippen LogP contribution in [0.25, 0.3) is 11.0 Å². The van der Waals surface area contributed by atoms with Gasteiger partial charge in [-0.15, -0.1) is 0 Å². The number of hydrogen-bond donors (Lipinski definition) is 1. The van der Waals surface area contributed by atoms with Gasteiger partial charge in [-0.05, 0) is 56.7 Å². The maximum absolute atomic E-state index is 12.5. The third-order valence-electron chi connectivity index (χ3n) is 4.74. The summed E-state index contributed by atoms with van der Waals surface area (Å²) in [5.41, 5.74) is 1.80. The molecule has 1 aromatic heterocycles. The molecule has 2 amide bonds. The summed E-state index contributed by atoms with van der Waals surface area (Å²) >= 11 is 0. The number of carbonyl (C=O) groups excluding carboxylic acids is 2. The van der Waals surface area contributed by atoms with Crippen LogP contribution < -0.4 is 15.7 Å². The Morgan fingerprint density at radius 3 is 2.57 bits per heavy atom. The highest BCUT2D eigenvalue weighted by atomic mass is 16.5. The largest absolute Gasteiger partial charge is 0.484 e. The summed E-state index contributed by atoms with van der Waals surface area (Å²) in [4.78, 5) is 38.0. The minimum atomic E-state index is -0.436. The highest BCUT2D eigenvalue weighted by Gasteiger charge is 2.13. The van der Waals surface area contributed by atoms with Gasteiger partial charge in [-0.2, -0.15) is 0 Å². The van der Waals surface area contributed by atoms with Crippen LogP contribution in [-0.4, -0.2) is 36.4 Å². The Kier molecular flexibility index (Phi) is 6.51. The van der Waals surface area contributed by atoms with E-state index in [1.807, 2.05) is 20.8 Å². The molecular formula is C23H24N2O5. The van der Waals surface area contributed by atoms with Gasteiger partial charge in [0.1, 0.15) is 11.3 Å². The molecule has 7 heteroatoms. The fourth-order valence-corrected chi connectivity index (χ4v) is 3.16. The minimum Gasteiger partial charge on any atom is -0.484 e. The van der Waals surface area contributed by atoms with Gasteiger partial charge in [0.05, 0.1) is 0 Å². The number of aryl methyl sites for hydroxylation is 1. The zero-order valence-electron chi connectivity index (χ0n) is 17.2. The van der Waals surface area contributed by atoms with E-state index < -0.39 is 5.63 Å². The van der Waals surface area contributed by atoms with Gasteiger partial charge in [0.2, 0.25) is 0 Å². The first-order valence-corrected chi connectivity index (χ1v) is 9.77. The van der Waals surface area contributed by atoms with E-state index in [4.69, 9.17) is 9.15 Å². The van der Waals surface area contributed by atoms with Crippen LogP contribution in [-0.2, 0) is 4.79 Å². The Labute approximate surface area is 174 Å². The van der Waals surface area contributed by atoms with Crippen molar-refractivity contribution in [2.24, 2.45) is 0 Å². The topological polar surface area (TPSA) is 88.9 Å². The lowest BCUT2D eigenvalue weighted by Gasteiger charge is -2.19. The van der Waals surface area contributed by atoms with Gasteiger partial charge in [0, 0.05) is 41.9 Å². The van der Waals surface area contributed by atoms with Crippen molar-refractivity contribution < 1.29 is 18.7 Å². The predicted octanol–water partition coefficient (Wildman–Crippen LogP) is 3.60. The highest BCUT2D eigenvalue weighted by Crippen LogP contribution is 2.22. The molecular weight excluding hydrogens is 384 g/mol. The van der Waals surface area contributed by atoms with Crippen molar-refractivity contribution in [2.45, 2.75) is 20.8 Å². The average molecular weight is 408 g/mol. The van der Waals surface area contributed by atoms with E-state index in [2.05, 4.69) is 5.32 Å². The van der Waals surface area contributed by atoms with Crippen molar-refractivity contribution in [1.82, 2.24) is 4.90 Å². The van der Waals surface area contributed by atoms with Crippen molar-refractivity contribution in [3.63, 3.8) is 0 Å². The van der Waals surface area contributed by atoms with Gasteiger partial charge in [-0.25, -0.2) is 4.79 Å². The summed E-state index contributed by atoms with van der Waals surface area (Å²) in [6.07, 6.45) is 0. The van der Waals surface area contributed by atoms with E-state index >= 15 is 0 Å². The van der Waals surface area contributed by atoms with Crippen molar-refractivity contribution in [3.05, 3.63) is 70.1 Å². The summed E-state index contributed by atoms with van der Waals surface area (Å²) in [6.45, 7) is 6.67. The van der Waals surface area contributed by atoms with E-state index in [-0.39, 0.29) is 18.4 Å². The fourth-order valence-electron chi connectivity index (χ4n) is 3.16. The molecule has 0 atom stereocenters. The molecule has 3 rings (SSSR count). The normalized spacial score (nSPS) is 10.6. The zero-order chi connectivity index (χ0) is 21.7. The van der Waals surface area contributed by atoms with Crippen molar-refractivity contribution >= 4 is 28.5 Å². The van der Waals surface area contributed by atoms with Crippen LogP contribution in [0.4, 0.5) is 5.69 Å². The van der Waals surface area contributed by atoms with Crippen LogP contribution >= 0.6 is 0 Å². The van der Waals surface area contributed by atoms with E-state index in [9.17, 15) is 14.4 Å². The van der Waals surface area contributed by atoms with Gasteiger partial charge in [0.25, 0.3) is 11.8 Å². The molecule has 0 saturated heterocycles. The monoisotopic (exact) mass is 408 g/mol. The first-order valence-electron chi connectivity index (χ1n) is 9.77.